The standard InChI is InChI=1S/C14H17F3O2/c15-14(16,17)10-6-4-5-8-12(10)19-13-9-3-1-2-7-11(13)18/h4-6,8,11,13,18H,1-3,7,9H2. The molecule has 1 saturated carbocycles. The van der Waals surface area contributed by atoms with Gasteiger partial charge in [-0.15, -0.1) is 0 Å². The first-order chi connectivity index (χ1) is 8.98. The summed E-state index contributed by atoms with van der Waals surface area (Å²) in [5.74, 6) is -0.194. The Hall–Kier alpha value is -1.23. The molecule has 1 aliphatic carbocycles. The van der Waals surface area contributed by atoms with E-state index in [-0.39, 0.29) is 5.75 Å². The zero-order valence-electron chi connectivity index (χ0n) is 10.5. The molecule has 0 heterocycles. The number of para-hydroxylation sites is 1. The van der Waals surface area contributed by atoms with Gasteiger partial charge < -0.3 is 9.84 Å². The van der Waals surface area contributed by atoms with Crippen LogP contribution in [0.3, 0.4) is 0 Å². The van der Waals surface area contributed by atoms with Crippen LogP contribution in [0.1, 0.15) is 37.7 Å². The van der Waals surface area contributed by atoms with Crippen molar-refractivity contribution in [1.29, 1.82) is 0 Å². The first kappa shape index (κ1) is 14.2. The van der Waals surface area contributed by atoms with Gasteiger partial charge in [0, 0.05) is 0 Å². The summed E-state index contributed by atoms with van der Waals surface area (Å²) in [6.07, 6.45) is -1.76. The van der Waals surface area contributed by atoms with Gasteiger partial charge in [-0.1, -0.05) is 25.0 Å². The van der Waals surface area contributed by atoms with Gasteiger partial charge in [0.25, 0.3) is 0 Å². The molecule has 2 rings (SSSR count). The van der Waals surface area contributed by atoms with Crippen LogP contribution in [0, 0.1) is 0 Å². The summed E-state index contributed by atoms with van der Waals surface area (Å²) in [6.45, 7) is 0. The van der Waals surface area contributed by atoms with Crippen LogP contribution >= 0.6 is 0 Å². The van der Waals surface area contributed by atoms with Gasteiger partial charge in [0.1, 0.15) is 11.9 Å². The molecule has 0 bridgehead atoms. The molecule has 1 N–H and O–H groups in total. The topological polar surface area (TPSA) is 29.5 Å². The van der Waals surface area contributed by atoms with Crippen LogP contribution in [0.5, 0.6) is 5.75 Å². The summed E-state index contributed by atoms with van der Waals surface area (Å²) in [7, 11) is 0. The Morgan fingerprint density at radius 3 is 2.47 bits per heavy atom. The van der Waals surface area contributed by atoms with Crippen molar-refractivity contribution < 1.29 is 23.0 Å². The molecular weight excluding hydrogens is 257 g/mol. The predicted molar refractivity (Wildman–Crippen MR) is 65.0 cm³/mol. The van der Waals surface area contributed by atoms with Gasteiger partial charge in [-0.3, -0.25) is 0 Å². The Bertz CT molecular complexity index is 417. The lowest BCUT2D eigenvalue weighted by Gasteiger charge is -2.24. The van der Waals surface area contributed by atoms with E-state index >= 15 is 0 Å². The minimum atomic E-state index is -4.44. The van der Waals surface area contributed by atoms with Crippen molar-refractivity contribution in [3.05, 3.63) is 29.8 Å². The third-order valence-electron chi connectivity index (χ3n) is 3.39. The summed E-state index contributed by atoms with van der Waals surface area (Å²) in [5.41, 5.74) is -0.786. The van der Waals surface area contributed by atoms with Gasteiger partial charge >= 0.3 is 6.18 Å². The fourth-order valence-corrected chi connectivity index (χ4v) is 2.36. The predicted octanol–water partition coefficient (Wildman–Crippen LogP) is 3.78. The Kier molecular flexibility index (Phi) is 4.34. The Morgan fingerprint density at radius 2 is 1.74 bits per heavy atom. The van der Waals surface area contributed by atoms with Gasteiger partial charge in [-0.05, 0) is 31.4 Å². The lowest BCUT2D eigenvalue weighted by Crippen LogP contribution is -2.31. The molecule has 1 aliphatic rings. The largest absolute Gasteiger partial charge is 0.487 e. The smallest absolute Gasteiger partial charge is 0.419 e. The highest BCUT2D eigenvalue weighted by molar-refractivity contribution is 5.35. The van der Waals surface area contributed by atoms with E-state index in [2.05, 4.69) is 0 Å². The normalized spacial score (nSPS) is 24.8. The Balaban J connectivity index is 2.18. The number of halogens is 3. The lowest BCUT2D eigenvalue weighted by atomic mass is 10.1. The summed E-state index contributed by atoms with van der Waals surface area (Å²) in [6, 6.07) is 5.14. The molecule has 0 aromatic heterocycles. The summed E-state index contributed by atoms with van der Waals surface area (Å²) >= 11 is 0. The van der Waals surface area contributed by atoms with E-state index in [0.717, 1.165) is 25.3 Å². The molecule has 0 amide bonds. The van der Waals surface area contributed by atoms with Crippen molar-refractivity contribution in [3.8, 4) is 5.75 Å². The van der Waals surface area contributed by atoms with Crippen LogP contribution in [0.2, 0.25) is 0 Å². The van der Waals surface area contributed by atoms with E-state index in [4.69, 9.17) is 4.74 Å². The highest BCUT2D eigenvalue weighted by Gasteiger charge is 2.35. The van der Waals surface area contributed by atoms with Crippen molar-refractivity contribution in [2.45, 2.75) is 50.5 Å². The van der Waals surface area contributed by atoms with Gasteiger partial charge in [-0.25, -0.2) is 0 Å². The second-order valence-corrected chi connectivity index (χ2v) is 4.86. The van der Waals surface area contributed by atoms with Crippen LogP contribution < -0.4 is 4.74 Å². The first-order valence-electron chi connectivity index (χ1n) is 6.49. The second-order valence-electron chi connectivity index (χ2n) is 4.86. The fourth-order valence-electron chi connectivity index (χ4n) is 2.36. The molecule has 19 heavy (non-hydrogen) atoms. The fraction of sp³-hybridized carbons (Fsp3) is 0.571. The molecule has 2 atom stereocenters. The molecule has 2 nitrogen and oxygen atoms in total. The highest BCUT2D eigenvalue weighted by atomic mass is 19.4. The minimum absolute atomic E-state index is 0.194. The summed E-state index contributed by atoms with van der Waals surface area (Å²) < 4.78 is 43.9. The summed E-state index contributed by atoms with van der Waals surface area (Å²) in [4.78, 5) is 0. The number of hydrogen-bond donors (Lipinski definition) is 1. The monoisotopic (exact) mass is 274 g/mol. The van der Waals surface area contributed by atoms with Crippen molar-refractivity contribution in [3.63, 3.8) is 0 Å². The number of aliphatic hydroxyl groups is 1. The highest BCUT2D eigenvalue weighted by Crippen LogP contribution is 2.37. The van der Waals surface area contributed by atoms with Crippen molar-refractivity contribution in [2.75, 3.05) is 0 Å². The molecule has 1 aromatic carbocycles. The van der Waals surface area contributed by atoms with Crippen LogP contribution in [0.25, 0.3) is 0 Å². The van der Waals surface area contributed by atoms with E-state index in [1.807, 2.05) is 0 Å². The maximum absolute atomic E-state index is 12.8. The zero-order valence-corrected chi connectivity index (χ0v) is 10.5. The number of alkyl halides is 3. The van der Waals surface area contributed by atoms with Crippen molar-refractivity contribution in [1.82, 2.24) is 0 Å². The van der Waals surface area contributed by atoms with Crippen molar-refractivity contribution >= 4 is 0 Å². The number of aliphatic hydroxyl groups excluding tert-OH is 1. The molecule has 106 valence electrons. The van der Waals surface area contributed by atoms with E-state index in [1.54, 1.807) is 0 Å². The molecule has 1 aromatic rings. The molecule has 5 heteroatoms. The number of benzene rings is 1. The molecular formula is C14H17F3O2. The molecule has 2 unspecified atom stereocenters. The second kappa shape index (κ2) is 5.82. The van der Waals surface area contributed by atoms with Crippen LogP contribution in [0.4, 0.5) is 13.2 Å². The summed E-state index contributed by atoms with van der Waals surface area (Å²) in [5, 5.41) is 9.90. The van der Waals surface area contributed by atoms with Crippen LogP contribution in [0.15, 0.2) is 24.3 Å². The minimum Gasteiger partial charge on any atom is -0.487 e. The quantitative estimate of drug-likeness (QED) is 0.832. The molecule has 0 radical (unpaired) electrons. The maximum atomic E-state index is 12.8. The third-order valence-corrected chi connectivity index (χ3v) is 3.39. The average molecular weight is 274 g/mol. The molecule has 1 fully saturated rings. The van der Waals surface area contributed by atoms with E-state index in [9.17, 15) is 18.3 Å². The number of ether oxygens (including phenoxy) is 1. The third kappa shape index (κ3) is 3.62. The first-order valence-corrected chi connectivity index (χ1v) is 6.49. The molecule has 0 saturated heterocycles. The SMILES string of the molecule is OC1CCCCCC1Oc1ccccc1C(F)(F)F. The van der Waals surface area contributed by atoms with Crippen LogP contribution in [-0.2, 0) is 6.18 Å². The maximum Gasteiger partial charge on any atom is 0.419 e. The van der Waals surface area contributed by atoms with Crippen molar-refractivity contribution in [2.24, 2.45) is 0 Å². The van der Waals surface area contributed by atoms with Gasteiger partial charge in [0.2, 0.25) is 0 Å². The van der Waals surface area contributed by atoms with Gasteiger partial charge in [0.05, 0.1) is 11.7 Å². The molecule has 0 aliphatic heterocycles. The van der Waals surface area contributed by atoms with E-state index in [1.165, 1.54) is 18.2 Å². The zero-order chi connectivity index (χ0) is 13.9. The Morgan fingerprint density at radius 1 is 1.05 bits per heavy atom. The Labute approximate surface area is 110 Å². The lowest BCUT2D eigenvalue weighted by molar-refractivity contribution is -0.139. The van der Waals surface area contributed by atoms with Gasteiger partial charge in [0.15, 0.2) is 0 Å². The average Bonchev–Trinajstić information content (AvgIpc) is 2.54. The van der Waals surface area contributed by atoms with E-state index < -0.39 is 23.9 Å². The van der Waals surface area contributed by atoms with Crippen LogP contribution in [-0.4, -0.2) is 17.3 Å². The van der Waals surface area contributed by atoms with E-state index in [0.29, 0.717) is 12.8 Å². The van der Waals surface area contributed by atoms with Gasteiger partial charge in [-0.2, -0.15) is 13.2 Å². The number of hydrogen-bond acceptors (Lipinski definition) is 2. The number of rotatable bonds is 2. The molecule has 0 spiro atoms.